The number of phenolic OH excluding ortho intramolecular Hbond substituents is 1. The first-order valence-corrected chi connectivity index (χ1v) is 6.02. The minimum absolute atomic E-state index is 0.0384. The van der Waals surface area contributed by atoms with Crippen LogP contribution in [-0.2, 0) is 4.74 Å². The van der Waals surface area contributed by atoms with Crippen LogP contribution in [0.15, 0.2) is 42.5 Å². The number of esters is 1. The number of methoxy groups -OCH3 is 1. The van der Waals surface area contributed by atoms with Crippen LogP contribution in [0.2, 0.25) is 0 Å². The number of hydrogen-bond donors (Lipinski definition) is 1. The van der Waals surface area contributed by atoms with Crippen molar-refractivity contribution >= 4 is 5.97 Å². The lowest BCUT2D eigenvalue weighted by atomic mass is 10.1. The van der Waals surface area contributed by atoms with Gasteiger partial charge in [0.1, 0.15) is 11.3 Å². The van der Waals surface area contributed by atoms with Gasteiger partial charge in [-0.1, -0.05) is 12.1 Å². The van der Waals surface area contributed by atoms with Crippen LogP contribution in [0.5, 0.6) is 17.2 Å². The third kappa shape index (κ3) is 2.03. The van der Waals surface area contributed by atoms with Crippen molar-refractivity contribution in [2.75, 3.05) is 7.11 Å². The van der Waals surface area contributed by atoms with Crippen molar-refractivity contribution in [1.29, 1.82) is 0 Å². The molecule has 1 atom stereocenters. The van der Waals surface area contributed by atoms with Crippen LogP contribution >= 0.6 is 0 Å². The number of benzene rings is 2. The molecule has 0 aliphatic carbocycles. The van der Waals surface area contributed by atoms with Gasteiger partial charge in [-0.25, -0.2) is 4.79 Å². The maximum atomic E-state index is 11.9. The topological polar surface area (TPSA) is 65.0 Å². The highest BCUT2D eigenvalue weighted by Crippen LogP contribution is 2.35. The van der Waals surface area contributed by atoms with Gasteiger partial charge in [-0.15, -0.1) is 0 Å². The fourth-order valence-corrected chi connectivity index (χ4v) is 2.03. The van der Waals surface area contributed by atoms with Gasteiger partial charge in [-0.3, -0.25) is 0 Å². The van der Waals surface area contributed by atoms with Gasteiger partial charge in [0.2, 0.25) is 0 Å². The zero-order chi connectivity index (χ0) is 14.1. The van der Waals surface area contributed by atoms with Gasteiger partial charge in [0, 0.05) is 5.56 Å². The summed E-state index contributed by atoms with van der Waals surface area (Å²) in [4.78, 5) is 11.9. The predicted molar refractivity (Wildman–Crippen MR) is 69.9 cm³/mol. The monoisotopic (exact) mass is 272 g/mol. The summed E-state index contributed by atoms with van der Waals surface area (Å²) in [6, 6.07) is 11.6. The summed E-state index contributed by atoms with van der Waals surface area (Å²) in [7, 11) is 1.46. The van der Waals surface area contributed by atoms with Gasteiger partial charge in [0.25, 0.3) is 6.29 Å². The Hall–Kier alpha value is -2.69. The third-order valence-corrected chi connectivity index (χ3v) is 3.03. The summed E-state index contributed by atoms with van der Waals surface area (Å²) in [5, 5.41) is 9.76. The molecule has 5 nitrogen and oxygen atoms in total. The molecule has 3 rings (SSSR count). The number of ether oxygens (including phenoxy) is 3. The number of aromatic hydroxyl groups is 1. The highest BCUT2D eigenvalue weighted by Gasteiger charge is 2.28. The van der Waals surface area contributed by atoms with E-state index in [0.29, 0.717) is 22.6 Å². The van der Waals surface area contributed by atoms with E-state index in [2.05, 4.69) is 0 Å². The lowest BCUT2D eigenvalue weighted by Crippen LogP contribution is -2.23. The zero-order valence-electron chi connectivity index (χ0n) is 10.7. The standard InChI is InChI=1S/C15H12O5/c1-18-13-7-6-9(8-11(13)16)15-19-12-5-3-2-4-10(12)14(17)20-15/h2-8,15-16H,1H3. The molecule has 0 bridgehead atoms. The Morgan fingerprint density at radius 3 is 2.70 bits per heavy atom. The number of carbonyl (C=O) groups is 1. The van der Waals surface area contributed by atoms with Crippen LogP contribution in [0.1, 0.15) is 22.2 Å². The number of fused-ring (bicyclic) bond motifs is 1. The van der Waals surface area contributed by atoms with Gasteiger partial charge in [-0.2, -0.15) is 0 Å². The fourth-order valence-electron chi connectivity index (χ4n) is 2.03. The van der Waals surface area contributed by atoms with E-state index >= 15 is 0 Å². The van der Waals surface area contributed by atoms with Crippen LogP contribution in [-0.4, -0.2) is 18.2 Å². The van der Waals surface area contributed by atoms with E-state index in [0.717, 1.165) is 0 Å². The quantitative estimate of drug-likeness (QED) is 0.851. The molecule has 0 aromatic heterocycles. The molecule has 0 fully saturated rings. The second-order valence-electron chi connectivity index (χ2n) is 4.28. The molecule has 0 amide bonds. The second kappa shape index (κ2) is 4.77. The van der Waals surface area contributed by atoms with Crippen LogP contribution < -0.4 is 9.47 Å². The molecule has 1 aliphatic heterocycles. The van der Waals surface area contributed by atoms with E-state index in [4.69, 9.17) is 14.2 Å². The first-order valence-electron chi connectivity index (χ1n) is 6.02. The first-order chi connectivity index (χ1) is 9.69. The minimum Gasteiger partial charge on any atom is -0.504 e. The second-order valence-corrected chi connectivity index (χ2v) is 4.28. The van der Waals surface area contributed by atoms with Crippen molar-refractivity contribution in [1.82, 2.24) is 0 Å². The molecule has 5 heteroatoms. The number of phenols is 1. The Kier molecular flexibility index (Phi) is 2.95. The van der Waals surface area contributed by atoms with Crippen molar-refractivity contribution in [2.45, 2.75) is 6.29 Å². The molecular formula is C15H12O5. The van der Waals surface area contributed by atoms with Crippen LogP contribution in [0.3, 0.4) is 0 Å². The number of hydrogen-bond acceptors (Lipinski definition) is 5. The molecule has 0 saturated carbocycles. The smallest absolute Gasteiger partial charge is 0.345 e. The summed E-state index contributed by atoms with van der Waals surface area (Å²) in [6.45, 7) is 0. The molecule has 0 saturated heterocycles. The largest absolute Gasteiger partial charge is 0.504 e. The van der Waals surface area contributed by atoms with E-state index < -0.39 is 12.3 Å². The Balaban J connectivity index is 1.94. The number of para-hydroxylation sites is 1. The van der Waals surface area contributed by atoms with Crippen LogP contribution in [0.4, 0.5) is 0 Å². The van der Waals surface area contributed by atoms with Crippen LogP contribution in [0, 0.1) is 0 Å². The molecule has 1 heterocycles. The molecule has 2 aromatic rings. The molecule has 2 aromatic carbocycles. The normalized spacial score (nSPS) is 16.9. The summed E-state index contributed by atoms with van der Waals surface area (Å²) >= 11 is 0. The van der Waals surface area contributed by atoms with E-state index in [1.54, 1.807) is 36.4 Å². The minimum atomic E-state index is -0.880. The van der Waals surface area contributed by atoms with Crippen LogP contribution in [0.25, 0.3) is 0 Å². The lowest BCUT2D eigenvalue weighted by Gasteiger charge is -2.25. The van der Waals surface area contributed by atoms with E-state index in [9.17, 15) is 9.90 Å². The van der Waals surface area contributed by atoms with E-state index in [1.165, 1.54) is 13.2 Å². The fraction of sp³-hybridized carbons (Fsp3) is 0.133. The Labute approximate surface area is 115 Å². The Morgan fingerprint density at radius 2 is 1.95 bits per heavy atom. The molecule has 102 valence electrons. The predicted octanol–water partition coefficient (Wildman–Crippen LogP) is 2.65. The maximum Gasteiger partial charge on any atom is 0.345 e. The number of carbonyl (C=O) groups excluding carboxylic acids is 1. The number of rotatable bonds is 2. The first kappa shape index (κ1) is 12.3. The van der Waals surface area contributed by atoms with Crippen molar-refractivity contribution in [3.8, 4) is 17.2 Å². The van der Waals surface area contributed by atoms with Gasteiger partial charge >= 0.3 is 5.97 Å². The van der Waals surface area contributed by atoms with Crippen molar-refractivity contribution < 1.29 is 24.1 Å². The van der Waals surface area contributed by atoms with Gasteiger partial charge in [0.15, 0.2) is 11.5 Å². The Morgan fingerprint density at radius 1 is 1.15 bits per heavy atom. The van der Waals surface area contributed by atoms with Crippen molar-refractivity contribution in [3.63, 3.8) is 0 Å². The molecule has 1 aliphatic rings. The highest BCUT2D eigenvalue weighted by atomic mass is 16.7. The maximum absolute atomic E-state index is 11.9. The summed E-state index contributed by atoms with van der Waals surface area (Å²) < 4.78 is 15.8. The molecule has 1 N–H and O–H groups in total. The van der Waals surface area contributed by atoms with Crippen molar-refractivity contribution in [2.24, 2.45) is 0 Å². The zero-order valence-corrected chi connectivity index (χ0v) is 10.7. The average molecular weight is 272 g/mol. The molecule has 1 unspecified atom stereocenters. The molecule has 0 radical (unpaired) electrons. The number of cyclic esters (lactones) is 1. The highest BCUT2D eigenvalue weighted by molar-refractivity contribution is 5.93. The van der Waals surface area contributed by atoms with Crippen molar-refractivity contribution in [3.05, 3.63) is 53.6 Å². The van der Waals surface area contributed by atoms with E-state index in [1.807, 2.05) is 0 Å². The van der Waals surface area contributed by atoms with Gasteiger partial charge < -0.3 is 19.3 Å². The lowest BCUT2D eigenvalue weighted by molar-refractivity contribution is -0.0625. The average Bonchev–Trinajstić information content (AvgIpc) is 2.47. The molecule has 20 heavy (non-hydrogen) atoms. The SMILES string of the molecule is COc1ccc(C2OC(=O)c3ccccc3O2)cc1O. The summed E-state index contributed by atoms with van der Waals surface area (Å²) in [5.74, 6) is 0.316. The third-order valence-electron chi connectivity index (χ3n) is 3.03. The van der Waals surface area contributed by atoms with Gasteiger partial charge in [0.05, 0.1) is 7.11 Å². The van der Waals surface area contributed by atoms with Gasteiger partial charge in [-0.05, 0) is 30.3 Å². The molecule has 0 spiro atoms. The summed E-state index contributed by atoms with van der Waals surface area (Å²) in [6.07, 6.45) is -0.880. The molecular weight excluding hydrogens is 260 g/mol. The van der Waals surface area contributed by atoms with E-state index in [-0.39, 0.29) is 5.75 Å². The Bertz CT molecular complexity index is 665. The summed E-state index contributed by atoms with van der Waals surface area (Å²) in [5.41, 5.74) is 0.924.